The van der Waals surface area contributed by atoms with E-state index in [2.05, 4.69) is 25.6 Å². The van der Waals surface area contributed by atoms with Crippen molar-refractivity contribution in [1.29, 1.82) is 0 Å². The standard InChI is InChI=1S/C24H35N7O5S2/c1-12-17(22-29-18-13(2)25-8-7-16(18)37-22)21(28-15-11-14(24(3,4)34)19(32)20(15)33)30-23(27-12)26-9-10-31(5)38(6,35)36/h7-8,14-15,19-20,32-34H,9-11H2,1-6H3,(H2,26,27,28,30)/t14-,15+,19+,20-/m0/s1. The molecular weight excluding hydrogens is 530 g/mol. The van der Waals surface area contributed by atoms with Gasteiger partial charge in [0.2, 0.25) is 16.0 Å². The molecule has 0 amide bonds. The van der Waals surface area contributed by atoms with Crippen LogP contribution in [0.15, 0.2) is 12.3 Å². The minimum absolute atomic E-state index is 0.219. The maximum absolute atomic E-state index is 11.7. The number of likely N-dealkylation sites (N-methyl/N-ethyl adjacent to an activating group) is 1. The molecule has 0 aliphatic heterocycles. The number of fused-ring (bicyclic) bond motifs is 1. The van der Waals surface area contributed by atoms with Crippen LogP contribution in [-0.2, 0) is 10.0 Å². The number of aromatic nitrogens is 4. The van der Waals surface area contributed by atoms with Crippen LogP contribution in [0, 0.1) is 19.8 Å². The number of thiazole rings is 1. The molecule has 0 saturated heterocycles. The summed E-state index contributed by atoms with van der Waals surface area (Å²) in [6.45, 7) is 7.44. The van der Waals surface area contributed by atoms with Gasteiger partial charge in [-0.15, -0.1) is 11.3 Å². The lowest BCUT2D eigenvalue weighted by atomic mass is 9.88. The van der Waals surface area contributed by atoms with Gasteiger partial charge in [-0.1, -0.05) is 0 Å². The molecule has 3 aromatic heterocycles. The Morgan fingerprint density at radius 3 is 2.47 bits per heavy atom. The highest BCUT2D eigenvalue weighted by Gasteiger charge is 2.48. The summed E-state index contributed by atoms with van der Waals surface area (Å²) in [5.41, 5.74) is 1.67. The van der Waals surface area contributed by atoms with Crippen molar-refractivity contribution in [1.82, 2.24) is 24.2 Å². The Morgan fingerprint density at radius 2 is 1.87 bits per heavy atom. The van der Waals surface area contributed by atoms with Crippen LogP contribution in [0.2, 0.25) is 0 Å². The van der Waals surface area contributed by atoms with Crippen molar-refractivity contribution < 1.29 is 23.7 Å². The molecule has 1 saturated carbocycles. The molecule has 5 N–H and O–H groups in total. The lowest BCUT2D eigenvalue weighted by Gasteiger charge is -2.28. The molecule has 0 unspecified atom stereocenters. The summed E-state index contributed by atoms with van der Waals surface area (Å²) < 4.78 is 25.6. The van der Waals surface area contributed by atoms with E-state index >= 15 is 0 Å². The summed E-state index contributed by atoms with van der Waals surface area (Å²) in [4.78, 5) is 18.4. The van der Waals surface area contributed by atoms with E-state index < -0.39 is 39.8 Å². The lowest BCUT2D eigenvalue weighted by molar-refractivity contribution is -0.0601. The smallest absolute Gasteiger partial charge is 0.224 e. The van der Waals surface area contributed by atoms with Crippen LogP contribution >= 0.6 is 11.3 Å². The molecule has 4 atom stereocenters. The summed E-state index contributed by atoms with van der Waals surface area (Å²) in [6.07, 6.45) is 0.951. The number of hydrogen-bond donors (Lipinski definition) is 5. The van der Waals surface area contributed by atoms with E-state index in [1.165, 1.54) is 22.7 Å². The zero-order valence-electron chi connectivity index (χ0n) is 22.3. The fraction of sp³-hybridized carbons (Fsp3) is 0.583. The van der Waals surface area contributed by atoms with Crippen molar-refractivity contribution in [3.8, 4) is 10.6 Å². The highest BCUT2D eigenvalue weighted by atomic mass is 32.2. The summed E-state index contributed by atoms with van der Waals surface area (Å²) in [5, 5.41) is 39.0. The van der Waals surface area contributed by atoms with Crippen LogP contribution in [0.4, 0.5) is 11.8 Å². The highest BCUT2D eigenvalue weighted by Crippen LogP contribution is 2.40. The Kier molecular flexibility index (Phi) is 7.94. The molecule has 0 bridgehead atoms. The van der Waals surface area contributed by atoms with E-state index in [1.807, 2.05) is 19.9 Å². The van der Waals surface area contributed by atoms with E-state index in [4.69, 9.17) is 4.98 Å². The molecule has 1 aliphatic rings. The maximum Gasteiger partial charge on any atom is 0.224 e. The number of sulfonamides is 1. The second kappa shape index (κ2) is 10.6. The lowest BCUT2D eigenvalue weighted by Crippen LogP contribution is -2.40. The largest absolute Gasteiger partial charge is 0.390 e. The van der Waals surface area contributed by atoms with E-state index in [-0.39, 0.29) is 19.0 Å². The van der Waals surface area contributed by atoms with Crippen LogP contribution in [0.1, 0.15) is 31.7 Å². The van der Waals surface area contributed by atoms with Gasteiger partial charge in [0.25, 0.3) is 0 Å². The van der Waals surface area contributed by atoms with Gasteiger partial charge in [-0.3, -0.25) is 4.98 Å². The van der Waals surface area contributed by atoms with Crippen molar-refractivity contribution in [2.75, 3.05) is 37.0 Å². The Labute approximate surface area is 226 Å². The Balaban J connectivity index is 1.70. The number of aliphatic hydroxyl groups excluding tert-OH is 2. The predicted molar refractivity (Wildman–Crippen MR) is 148 cm³/mol. The fourth-order valence-electron chi connectivity index (χ4n) is 4.65. The van der Waals surface area contributed by atoms with Gasteiger partial charge >= 0.3 is 0 Å². The number of aryl methyl sites for hydroxylation is 2. The van der Waals surface area contributed by atoms with Crippen LogP contribution in [0.5, 0.6) is 0 Å². The minimum Gasteiger partial charge on any atom is -0.390 e. The molecule has 0 aromatic carbocycles. The first-order chi connectivity index (χ1) is 17.7. The van der Waals surface area contributed by atoms with E-state index in [0.717, 1.165) is 22.2 Å². The van der Waals surface area contributed by atoms with Crippen LogP contribution in [0.25, 0.3) is 20.8 Å². The van der Waals surface area contributed by atoms with Crippen molar-refractivity contribution in [2.24, 2.45) is 5.92 Å². The quantitative estimate of drug-likeness (QED) is 0.253. The van der Waals surface area contributed by atoms with Crippen LogP contribution in [0.3, 0.4) is 0 Å². The molecule has 3 aromatic rings. The molecule has 12 nitrogen and oxygen atoms in total. The number of nitrogens with one attached hydrogen (secondary N) is 2. The summed E-state index contributed by atoms with van der Waals surface area (Å²) in [6, 6.07) is 1.31. The van der Waals surface area contributed by atoms with Crippen molar-refractivity contribution in [3.63, 3.8) is 0 Å². The first kappa shape index (κ1) is 28.5. The van der Waals surface area contributed by atoms with Gasteiger partial charge in [0.15, 0.2) is 0 Å². The molecule has 1 aliphatic carbocycles. The van der Waals surface area contributed by atoms with Crippen molar-refractivity contribution in [3.05, 3.63) is 23.7 Å². The molecule has 208 valence electrons. The molecule has 3 heterocycles. The van der Waals surface area contributed by atoms with Gasteiger partial charge in [-0.2, -0.15) is 4.98 Å². The monoisotopic (exact) mass is 565 g/mol. The third-order valence-corrected chi connectivity index (χ3v) is 9.33. The number of pyridine rings is 1. The SMILES string of the molecule is Cc1nc(NCCN(C)S(C)(=O)=O)nc(N[C@@H]2C[C@H](C(C)(C)O)[C@@H](O)[C@H]2O)c1-c1nc2c(C)nccc2s1. The maximum atomic E-state index is 11.7. The topological polar surface area (TPSA) is 174 Å². The van der Waals surface area contributed by atoms with E-state index in [0.29, 0.717) is 28.5 Å². The van der Waals surface area contributed by atoms with Gasteiger partial charge in [-0.05, 0) is 40.2 Å². The summed E-state index contributed by atoms with van der Waals surface area (Å²) >= 11 is 1.47. The highest BCUT2D eigenvalue weighted by molar-refractivity contribution is 7.88. The van der Waals surface area contributed by atoms with Gasteiger partial charge in [0.1, 0.15) is 22.4 Å². The third kappa shape index (κ3) is 5.90. The Bertz CT molecular complexity index is 1420. The second-order valence-corrected chi connectivity index (χ2v) is 13.5. The molecule has 0 radical (unpaired) electrons. The van der Waals surface area contributed by atoms with Gasteiger partial charge in [0, 0.05) is 32.3 Å². The number of anilines is 2. The molecule has 14 heteroatoms. The normalized spacial score (nSPS) is 22.4. The summed E-state index contributed by atoms with van der Waals surface area (Å²) in [5.74, 6) is 0.150. The average Bonchev–Trinajstić information content (AvgIpc) is 3.35. The number of rotatable bonds is 9. The zero-order chi connectivity index (χ0) is 28.0. The predicted octanol–water partition coefficient (Wildman–Crippen LogP) is 1.36. The number of hydrogen-bond acceptors (Lipinski definition) is 12. The Morgan fingerprint density at radius 1 is 1.16 bits per heavy atom. The Hall–Kier alpha value is -2.49. The van der Waals surface area contributed by atoms with Crippen molar-refractivity contribution >= 4 is 43.3 Å². The number of aliphatic hydroxyl groups is 3. The molecule has 38 heavy (non-hydrogen) atoms. The van der Waals surface area contributed by atoms with Gasteiger partial charge < -0.3 is 26.0 Å². The average molecular weight is 566 g/mol. The molecule has 1 fully saturated rings. The molecular formula is C24H35N7O5S2. The van der Waals surface area contributed by atoms with Gasteiger partial charge in [0.05, 0.1) is 45.7 Å². The van der Waals surface area contributed by atoms with E-state index in [1.54, 1.807) is 20.0 Å². The van der Waals surface area contributed by atoms with Gasteiger partial charge in [-0.25, -0.2) is 22.7 Å². The first-order valence-corrected chi connectivity index (χ1v) is 14.9. The minimum atomic E-state index is -3.32. The zero-order valence-corrected chi connectivity index (χ0v) is 23.9. The second-order valence-electron chi connectivity index (χ2n) is 10.4. The van der Waals surface area contributed by atoms with E-state index in [9.17, 15) is 23.7 Å². The first-order valence-electron chi connectivity index (χ1n) is 12.3. The molecule has 0 spiro atoms. The molecule has 4 rings (SSSR count). The summed E-state index contributed by atoms with van der Waals surface area (Å²) in [7, 11) is -1.83. The van der Waals surface area contributed by atoms with Crippen LogP contribution < -0.4 is 10.6 Å². The number of nitrogens with zero attached hydrogens (tertiary/aromatic N) is 5. The van der Waals surface area contributed by atoms with Crippen molar-refractivity contribution in [2.45, 2.75) is 58.0 Å². The van der Waals surface area contributed by atoms with Crippen LogP contribution in [-0.4, -0.2) is 98.2 Å². The fourth-order valence-corrected chi connectivity index (χ4v) is 6.18. The third-order valence-electron chi connectivity index (χ3n) is 6.98.